The fourth-order valence-electron chi connectivity index (χ4n) is 4.31. The van der Waals surface area contributed by atoms with Crippen molar-refractivity contribution >= 4 is 11.8 Å². The lowest BCUT2D eigenvalue weighted by Gasteiger charge is -2.33. The molecule has 2 heterocycles. The minimum absolute atomic E-state index is 0.0397. The summed E-state index contributed by atoms with van der Waals surface area (Å²) in [7, 11) is 0. The third kappa shape index (κ3) is 5.81. The van der Waals surface area contributed by atoms with Crippen LogP contribution in [0.2, 0.25) is 0 Å². The Kier molecular flexibility index (Phi) is 7.49. The normalized spacial score (nSPS) is 23.2. The Labute approximate surface area is 169 Å². The number of rotatable bonds is 8. The predicted octanol–water partition coefficient (Wildman–Crippen LogP) is 2.77. The first-order valence-electron chi connectivity index (χ1n) is 10.9. The number of likely N-dealkylation sites (tertiary alicyclic amines) is 2. The number of aryl methyl sites for hydroxylation is 1. The highest BCUT2D eigenvalue weighted by Gasteiger charge is 2.33. The van der Waals surface area contributed by atoms with Gasteiger partial charge in [0.1, 0.15) is 0 Å². The molecule has 0 aromatic heterocycles. The van der Waals surface area contributed by atoms with Gasteiger partial charge in [0.2, 0.25) is 11.8 Å². The van der Waals surface area contributed by atoms with E-state index in [1.54, 1.807) is 0 Å². The number of amides is 2. The molecule has 3 rings (SSSR count). The molecule has 28 heavy (non-hydrogen) atoms. The molecular weight excluding hydrogens is 350 g/mol. The molecule has 0 unspecified atom stereocenters. The molecule has 2 aliphatic heterocycles. The minimum atomic E-state index is -0.195. The Morgan fingerprint density at radius 1 is 1.18 bits per heavy atom. The van der Waals surface area contributed by atoms with Gasteiger partial charge in [0.25, 0.3) is 0 Å². The van der Waals surface area contributed by atoms with Crippen LogP contribution in [0.5, 0.6) is 0 Å². The van der Waals surface area contributed by atoms with E-state index in [0.717, 1.165) is 19.4 Å². The predicted molar refractivity (Wildman–Crippen MR) is 112 cm³/mol. The van der Waals surface area contributed by atoms with Crippen molar-refractivity contribution in [1.82, 2.24) is 15.1 Å². The number of hydrogen-bond donors (Lipinski definition) is 1. The highest BCUT2D eigenvalue weighted by molar-refractivity contribution is 5.89. The fourth-order valence-corrected chi connectivity index (χ4v) is 4.31. The lowest BCUT2D eigenvalue weighted by molar-refractivity contribution is -0.129. The first kappa shape index (κ1) is 20.8. The van der Waals surface area contributed by atoms with Crippen LogP contribution in [0, 0.1) is 12.8 Å². The van der Waals surface area contributed by atoms with Crippen molar-refractivity contribution in [1.29, 1.82) is 0 Å². The van der Waals surface area contributed by atoms with Gasteiger partial charge in [-0.1, -0.05) is 36.2 Å². The van der Waals surface area contributed by atoms with Crippen molar-refractivity contribution in [3.8, 4) is 0 Å². The Hall–Kier alpha value is -1.88. The smallest absolute Gasteiger partial charge is 0.225 e. The number of hydrogen-bond acceptors (Lipinski definition) is 3. The second kappa shape index (κ2) is 10.1. The van der Waals surface area contributed by atoms with Gasteiger partial charge in [-0.2, -0.15) is 0 Å². The van der Waals surface area contributed by atoms with Crippen molar-refractivity contribution < 1.29 is 9.59 Å². The lowest BCUT2D eigenvalue weighted by Crippen LogP contribution is -2.40. The number of carbonyl (C=O) groups excluding carboxylic acids is 2. The van der Waals surface area contributed by atoms with Crippen molar-refractivity contribution in [2.24, 2.45) is 5.92 Å². The minimum Gasteiger partial charge on any atom is -0.356 e. The summed E-state index contributed by atoms with van der Waals surface area (Å²) >= 11 is 0. The van der Waals surface area contributed by atoms with Crippen LogP contribution in [0.25, 0.3) is 0 Å². The van der Waals surface area contributed by atoms with E-state index >= 15 is 0 Å². The van der Waals surface area contributed by atoms with Gasteiger partial charge in [-0.15, -0.1) is 0 Å². The van der Waals surface area contributed by atoms with Gasteiger partial charge < -0.3 is 15.1 Å². The topological polar surface area (TPSA) is 52.7 Å². The quantitative estimate of drug-likeness (QED) is 0.700. The number of nitrogens with one attached hydrogen (secondary N) is 1. The van der Waals surface area contributed by atoms with E-state index in [9.17, 15) is 9.59 Å². The Morgan fingerprint density at radius 2 is 1.96 bits per heavy atom. The van der Waals surface area contributed by atoms with E-state index in [1.165, 1.54) is 36.9 Å². The maximum atomic E-state index is 12.5. The Bertz CT molecular complexity index is 658. The first-order valence-corrected chi connectivity index (χ1v) is 10.9. The van der Waals surface area contributed by atoms with Crippen molar-refractivity contribution in [3.05, 3.63) is 35.4 Å². The summed E-state index contributed by atoms with van der Waals surface area (Å²) < 4.78 is 0. The number of piperidine rings is 1. The molecule has 5 nitrogen and oxygen atoms in total. The van der Waals surface area contributed by atoms with E-state index in [1.807, 2.05) is 4.90 Å². The number of carbonyl (C=O) groups is 2. The van der Waals surface area contributed by atoms with Crippen LogP contribution in [0.1, 0.15) is 50.2 Å². The van der Waals surface area contributed by atoms with Gasteiger partial charge in [-0.3, -0.25) is 9.59 Å². The van der Waals surface area contributed by atoms with Gasteiger partial charge in [0.05, 0.1) is 5.92 Å². The largest absolute Gasteiger partial charge is 0.356 e. The summed E-state index contributed by atoms with van der Waals surface area (Å²) in [5.74, 6) is -0.0493. The van der Waals surface area contributed by atoms with E-state index in [-0.39, 0.29) is 17.7 Å². The highest BCUT2D eigenvalue weighted by atomic mass is 16.2. The molecule has 0 radical (unpaired) electrons. The van der Waals surface area contributed by atoms with Crippen LogP contribution in [0.15, 0.2) is 24.3 Å². The van der Waals surface area contributed by atoms with E-state index in [2.05, 4.69) is 48.3 Å². The lowest BCUT2D eigenvalue weighted by atomic mass is 10.0. The Balaban J connectivity index is 1.35. The van der Waals surface area contributed by atoms with E-state index < -0.39 is 0 Å². The van der Waals surface area contributed by atoms with Crippen LogP contribution in [-0.4, -0.2) is 60.4 Å². The number of nitrogens with zero attached hydrogens (tertiary/aromatic N) is 2. The van der Waals surface area contributed by atoms with Crippen LogP contribution in [-0.2, 0) is 16.0 Å². The average Bonchev–Trinajstić information content (AvgIpc) is 3.07. The van der Waals surface area contributed by atoms with Crippen LogP contribution in [0.4, 0.5) is 0 Å². The van der Waals surface area contributed by atoms with Crippen molar-refractivity contribution in [2.75, 3.05) is 32.7 Å². The van der Waals surface area contributed by atoms with Gasteiger partial charge in [0.15, 0.2) is 0 Å². The summed E-state index contributed by atoms with van der Waals surface area (Å²) in [6, 6.07) is 9.09. The summed E-state index contributed by atoms with van der Waals surface area (Å²) in [6.07, 6.45) is 6.09. The maximum Gasteiger partial charge on any atom is 0.225 e. The SMILES string of the molecule is Cc1ccc(CCN2C[C@H](C(=O)NCCCN3CCCC[C@H]3C)CC2=O)cc1. The standard InChI is InChI=1S/C23H35N3O2/c1-18-7-9-20(10-8-18)11-15-26-17-21(16-22(26)27)23(28)24-12-5-14-25-13-4-3-6-19(25)2/h7-10,19,21H,3-6,11-17H2,1-2H3,(H,24,28)/t19-,21-/m1/s1. The van der Waals surface area contributed by atoms with E-state index in [4.69, 9.17) is 0 Å². The summed E-state index contributed by atoms with van der Waals surface area (Å²) in [4.78, 5) is 29.1. The highest BCUT2D eigenvalue weighted by Crippen LogP contribution is 2.19. The Morgan fingerprint density at radius 3 is 2.71 bits per heavy atom. The molecule has 2 amide bonds. The van der Waals surface area contributed by atoms with Gasteiger partial charge >= 0.3 is 0 Å². The molecule has 1 aromatic carbocycles. The molecule has 2 atom stereocenters. The zero-order valence-electron chi connectivity index (χ0n) is 17.5. The monoisotopic (exact) mass is 385 g/mol. The molecule has 2 saturated heterocycles. The van der Waals surface area contributed by atoms with Crippen molar-refractivity contribution in [3.63, 3.8) is 0 Å². The molecule has 0 saturated carbocycles. The van der Waals surface area contributed by atoms with Crippen molar-refractivity contribution in [2.45, 2.75) is 58.4 Å². The molecule has 0 aliphatic carbocycles. The van der Waals surface area contributed by atoms with E-state index in [0.29, 0.717) is 32.1 Å². The summed E-state index contributed by atoms with van der Waals surface area (Å²) in [6.45, 7) is 8.56. The molecule has 1 N–H and O–H groups in total. The molecule has 1 aromatic rings. The molecule has 0 spiro atoms. The molecular formula is C23H35N3O2. The molecule has 5 heteroatoms. The zero-order chi connectivity index (χ0) is 19.9. The van der Waals surface area contributed by atoms with Gasteiger partial charge in [-0.05, 0) is 51.6 Å². The molecule has 0 bridgehead atoms. The van der Waals surface area contributed by atoms with Crippen LogP contribution < -0.4 is 5.32 Å². The average molecular weight is 386 g/mol. The second-order valence-corrected chi connectivity index (χ2v) is 8.50. The molecule has 2 aliphatic rings. The van der Waals surface area contributed by atoms with Crippen LogP contribution in [0.3, 0.4) is 0 Å². The molecule has 154 valence electrons. The first-order chi connectivity index (χ1) is 13.5. The zero-order valence-corrected chi connectivity index (χ0v) is 17.5. The summed E-state index contributed by atoms with van der Waals surface area (Å²) in [5, 5.41) is 3.06. The third-order valence-electron chi connectivity index (χ3n) is 6.24. The summed E-state index contributed by atoms with van der Waals surface area (Å²) in [5.41, 5.74) is 2.48. The fraction of sp³-hybridized carbons (Fsp3) is 0.652. The maximum absolute atomic E-state index is 12.5. The van der Waals surface area contributed by atoms with Gasteiger partial charge in [0, 0.05) is 38.6 Å². The van der Waals surface area contributed by atoms with Gasteiger partial charge in [-0.25, -0.2) is 0 Å². The van der Waals surface area contributed by atoms with Crippen LogP contribution >= 0.6 is 0 Å². The number of benzene rings is 1. The second-order valence-electron chi connectivity index (χ2n) is 8.50. The molecule has 2 fully saturated rings. The third-order valence-corrected chi connectivity index (χ3v) is 6.24.